The van der Waals surface area contributed by atoms with Crippen molar-refractivity contribution in [2.24, 2.45) is 0 Å². The Labute approximate surface area is 204 Å². The second kappa shape index (κ2) is 9.66. The number of aromatic nitrogens is 1. The molecule has 1 aromatic carbocycles. The van der Waals surface area contributed by atoms with Gasteiger partial charge in [-0.1, -0.05) is 31.2 Å². The van der Waals surface area contributed by atoms with Crippen LogP contribution in [0.25, 0.3) is 5.00 Å². The zero-order valence-electron chi connectivity index (χ0n) is 19.8. The van der Waals surface area contributed by atoms with E-state index in [1.165, 1.54) is 39.4 Å². The van der Waals surface area contributed by atoms with Crippen LogP contribution in [0.5, 0.6) is 0 Å². The Bertz CT molecular complexity index is 1190. The summed E-state index contributed by atoms with van der Waals surface area (Å²) < 4.78 is 7.30. The molecule has 2 aromatic heterocycles. The van der Waals surface area contributed by atoms with Crippen LogP contribution in [0, 0.1) is 0 Å². The first-order chi connectivity index (χ1) is 16.6. The summed E-state index contributed by atoms with van der Waals surface area (Å²) in [5.41, 5.74) is 6.05. The number of carbonyl (C=O) groups excluding carboxylic acids is 2. The van der Waals surface area contributed by atoms with E-state index < -0.39 is 5.97 Å². The average Bonchev–Trinajstić information content (AvgIpc) is 3.45. The van der Waals surface area contributed by atoms with Crippen LogP contribution < -0.4 is 5.32 Å². The molecule has 0 saturated heterocycles. The van der Waals surface area contributed by atoms with E-state index in [9.17, 15) is 9.59 Å². The number of urea groups is 1. The number of ether oxygens (including phenoxy) is 1. The molecule has 1 aliphatic carbocycles. The highest BCUT2D eigenvalue weighted by atomic mass is 32.1. The predicted octanol–water partition coefficient (Wildman–Crippen LogP) is 5.16. The summed E-state index contributed by atoms with van der Waals surface area (Å²) in [5, 5.41) is 4.04. The summed E-state index contributed by atoms with van der Waals surface area (Å²) in [4.78, 5) is 28.9. The van der Waals surface area contributed by atoms with Crippen molar-refractivity contribution in [1.29, 1.82) is 0 Å². The Morgan fingerprint density at radius 1 is 1.09 bits per heavy atom. The molecule has 2 amide bonds. The smallest absolute Gasteiger partial charge is 0.325 e. The number of carbonyl (C=O) groups is 2. The molecule has 1 N–H and O–H groups in total. The van der Waals surface area contributed by atoms with E-state index in [1.54, 1.807) is 6.92 Å². The van der Waals surface area contributed by atoms with Crippen molar-refractivity contribution in [2.75, 3.05) is 13.2 Å². The molecule has 3 aromatic rings. The van der Waals surface area contributed by atoms with Gasteiger partial charge in [-0.05, 0) is 67.9 Å². The fourth-order valence-corrected chi connectivity index (χ4v) is 6.54. The van der Waals surface area contributed by atoms with Gasteiger partial charge in [0.1, 0.15) is 11.5 Å². The number of rotatable bonds is 5. The van der Waals surface area contributed by atoms with Crippen molar-refractivity contribution in [2.45, 2.75) is 58.5 Å². The first-order valence-electron chi connectivity index (χ1n) is 12.2. The van der Waals surface area contributed by atoms with Gasteiger partial charge in [0.15, 0.2) is 0 Å². The molecule has 7 heteroatoms. The molecule has 6 nitrogen and oxygen atoms in total. The van der Waals surface area contributed by atoms with Gasteiger partial charge in [-0.25, -0.2) is 4.79 Å². The molecule has 0 saturated carbocycles. The molecule has 1 aliphatic heterocycles. The third-order valence-electron chi connectivity index (χ3n) is 6.83. The maximum Gasteiger partial charge on any atom is 0.325 e. The number of benzene rings is 1. The van der Waals surface area contributed by atoms with Crippen molar-refractivity contribution in [3.05, 3.63) is 75.4 Å². The number of hydrogen-bond donors (Lipinski definition) is 1. The van der Waals surface area contributed by atoms with Crippen LogP contribution >= 0.6 is 11.3 Å². The first kappa shape index (κ1) is 22.7. The van der Waals surface area contributed by atoms with Gasteiger partial charge in [0.2, 0.25) is 0 Å². The van der Waals surface area contributed by atoms with E-state index >= 15 is 0 Å². The normalized spacial score (nSPS) is 16.8. The Kier molecular flexibility index (Phi) is 6.46. The van der Waals surface area contributed by atoms with Crippen molar-refractivity contribution in [1.82, 2.24) is 14.8 Å². The average molecular weight is 478 g/mol. The van der Waals surface area contributed by atoms with E-state index in [4.69, 9.17) is 4.74 Å². The van der Waals surface area contributed by atoms with Gasteiger partial charge in [-0.15, -0.1) is 11.3 Å². The first-order valence-corrected chi connectivity index (χ1v) is 13.0. The molecule has 0 radical (unpaired) electrons. The van der Waals surface area contributed by atoms with E-state index in [-0.39, 0.29) is 18.6 Å². The number of hydrogen-bond acceptors (Lipinski definition) is 4. The zero-order valence-corrected chi connectivity index (χ0v) is 20.6. The van der Waals surface area contributed by atoms with Gasteiger partial charge in [0.25, 0.3) is 0 Å². The van der Waals surface area contributed by atoms with Gasteiger partial charge in [0.05, 0.1) is 24.9 Å². The minimum absolute atomic E-state index is 0.139. The maximum atomic E-state index is 13.6. The summed E-state index contributed by atoms with van der Waals surface area (Å²) in [6.07, 6.45) is 7.66. The second-order valence-corrected chi connectivity index (χ2v) is 9.97. The second-order valence-electron chi connectivity index (χ2n) is 8.89. The summed E-state index contributed by atoms with van der Waals surface area (Å²) in [6, 6.07) is 12.2. The topological polar surface area (TPSA) is 63.6 Å². The fourth-order valence-electron chi connectivity index (χ4n) is 5.13. The lowest BCUT2D eigenvalue weighted by atomic mass is 9.95. The lowest BCUT2D eigenvalue weighted by Crippen LogP contribution is -2.44. The fraction of sp³-hybridized carbons (Fsp3) is 0.407. The number of fused-ring (bicyclic) bond motifs is 5. The summed E-state index contributed by atoms with van der Waals surface area (Å²) >= 11 is 1.87. The molecule has 0 spiro atoms. The van der Waals surface area contributed by atoms with Gasteiger partial charge < -0.3 is 19.5 Å². The van der Waals surface area contributed by atoms with Crippen molar-refractivity contribution >= 4 is 23.3 Å². The van der Waals surface area contributed by atoms with Crippen LogP contribution in [0.15, 0.2) is 42.6 Å². The lowest BCUT2D eigenvalue weighted by molar-refractivity contribution is -0.141. The Morgan fingerprint density at radius 2 is 1.88 bits per heavy atom. The summed E-state index contributed by atoms with van der Waals surface area (Å²) in [7, 11) is 0. The minimum atomic E-state index is -0.425. The Hall–Kier alpha value is -3.06. The highest BCUT2D eigenvalue weighted by Gasteiger charge is 2.36. The van der Waals surface area contributed by atoms with Crippen LogP contribution in [0.4, 0.5) is 4.79 Å². The highest BCUT2D eigenvalue weighted by Crippen LogP contribution is 2.44. The third-order valence-corrected chi connectivity index (χ3v) is 8.17. The zero-order chi connectivity index (χ0) is 23.7. The van der Waals surface area contributed by atoms with Crippen LogP contribution in [0.1, 0.15) is 65.6 Å². The predicted molar refractivity (Wildman–Crippen MR) is 134 cm³/mol. The van der Waals surface area contributed by atoms with Crippen LogP contribution in [0.3, 0.4) is 0 Å². The molecule has 0 bridgehead atoms. The maximum absolute atomic E-state index is 13.6. The van der Waals surface area contributed by atoms with Gasteiger partial charge >= 0.3 is 12.0 Å². The van der Waals surface area contributed by atoms with Crippen molar-refractivity contribution in [3.8, 4) is 5.00 Å². The van der Waals surface area contributed by atoms with E-state index in [2.05, 4.69) is 59.4 Å². The van der Waals surface area contributed by atoms with Crippen molar-refractivity contribution in [3.63, 3.8) is 0 Å². The molecular weight excluding hydrogens is 446 g/mol. The molecule has 178 valence electrons. The molecule has 1 atom stereocenters. The lowest BCUT2D eigenvalue weighted by Gasteiger charge is -2.31. The van der Waals surface area contributed by atoms with E-state index in [0.29, 0.717) is 13.2 Å². The molecule has 3 heterocycles. The SMILES string of the molecule is CCOC(=O)CNC(=O)N1Cc2c(sc3c2CCCC3)-n2cccc2C1c1ccc(CC)cc1. The number of esters is 1. The van der Waals surface area contributed by atoms with Crippen LogP contribution in [-0.4, -0.2) is 34.6 Å². The van der Waals surface area contributed by atoms with Crippen molar-refractivity contribution < 1.29 is 14.3 Å². The van der Waals surface area contributed by atoms with Gasteiger partial charge in [0, 0.05) is 16.6 Å². The van der Waals surface area contributed by atoms with Crippen LogP contribution in [0.2, 0.25) is 0 Å². The van der Waals surface area contributed by atoms with E-state index in [1.807, 2.05) is 16.2 Å². The molecular formula is C27H31N3O3S. The third kappa shape index (κ3) is 4.13. The molecule has 34 heavy (non-hydrogen) atoms. The largest absolute Gasteiger partial charge is 0.465 e. The molecule has 2 aliphatic rings. The molecule has 5 rings (SSSR count). The monoisotopic (exact) mass is 477 g/mol. The summed E-state index contributed by atoms with van der Waals surface area (Å²) in [5.74, 6) is -0.425. The Balaban J connectivity index is 1.59. The molecule has 0 fully saturated rings. The number of aryl methyl sites for hydroxylation is 2. The van der Waals surface area contributed by atoms with Gasteiger partial charge in [-0.3, -0.25) is 4.79 Å². The number of nitrogens with one attached hydrogen (secondary N) is 1. The standard InChI is InChI=1S/C27H31N3O3S/c1-3-18-11-13-19(14-12-18)25-22-9-7-15-29(22)26-21(20-8-5-6-10-23(20)34-26)17-30(25)27(32)28-16-24(31)33-4-2/h7,9,11-15,25H,3-6,8,10,16-17H2,1-2H3,(H,28,32). The number of nitrogens with zero attached hydrogens (tertiary/aromatic N) is 2. The minimum Gasteiger partial charge on any atom is -0.465 e. The van der Waals surface area contributed by atoms with Gasteiger partial charge in [-0.2, -0.15) is 0 Å². The molecule has 1 unspecified atom stereocenters. The quantitative estimate of drug-likeness (QED) is 0.517. The highest BCUT2D eigenvalue weighted by molar-refractivity contribution is 7.15. The summed E-state index contributed by atoms with van der Waals surface area (Å²) in [6.45, 7) is 4.57. The number of thiophene rings is 1. The number of amides is 2. The Morgan fingerprint density at radius 3 is 2.65 bits per heavy atom. The van der Waals surface area contributed by atoms with Crippen LogP contribution in [-0.2, 0) is 35.3 Å². The van der Waals surface area contributed by atoms with E-state index in [0.717, 1.165) is 30.5 Å².